The highest BCUT2D eigenvalue weighted by molar-refractivity contribution is 14.1. The van der Waals surface area contributed by atoms with Crippen LogP contribution in [0, 0.1) is 3.57 Å². The van der Waals surface area contributed by atoms with Gasteiger partial charge in [-0.2, -0.15) is 0 Å². The predicted molar refractivity (Wildman–Crippen MR) is 106 cm³/mol. The third-order valence-corrected chi connectivity index (χ3v) is 4.33. The molecule has 8 heteroatoms. The molecule has 3 N–H and O–H groups in total. The molecule has 0 fully saturated rings. The van der Waals surface area contributed by atoms with Crippen molar-refractivity contribution in [2.45, 2.75) is 6.61 Å². The first-order valence-electron chi connectivity index (χ1n) is 6.77. The Morgan fingerprint density at radius 2 is 2.08 bits per heavy atom. The molecule has 2 aromatic carbocycles. The van der Waals surface area contributed by atoms with Gasteiger partial charge in [-0.05, 0) is 53.0 Å². The topological polar surface area (TPSA) is 73.6 Å². The minimum absolute atomic E-state index is 0.0898. The summed E-state index contributed by atoms with van der Waals surface area (Å²) in [5.74, 6) is 0.559. The second-order valence-corrected chi connectivity index (χ2v) is 6.70. The Hall–Kier alpha value is -1.58. The van der Waals surface area contributed by atoms with Crippen LogP contribution < -0.4 is 20.5 Å². The first-order chi connectivity index (χ1) is 11.4. The fourth-order valence-corrected chi connectivity index (χ4v) is 2.98. The molecule has 0 heterocycles. The van der Waals surface area contributed by atoms with Crippen molar-refractivity contribution in [3.63, 3.8) is 0 Å². The summed E-state index contributed by atoms with van der Waals surface area (Å²) in [5, 5.41) is 2.91. The molecule has 5 nitrogen and oxygen atoms in total. The summed E-state index contributed by atoms with van der Waals surface area (Å²) >= 11 is 12.9. The lowest BCUT2D eigenvalue weighted by molar-refractivity contribution is 0.0977. The van der Waals surface area contributed by atoms with E-state index in [0.29, 0.717) is 25.7 Å². The van der Waals surface area contributed by atoms with E-state index < -0.39 is 5.91 Å². The molecule has 2 aromatic rings. The second kappa shape index (κ2) is 8.50. The van der Waals surface area contributed by atoms with Gasteiger partial charge in [-0.3, -0.25) is 10.1 Å². The molecular formula is C16H14ClIN2O3S. The maximum Gasteiger partial charge on any atom is 0.257 e. The molecule has 0 aromatic heterocycles. The van der Waals surface area contributed by atoms with Crippen molar-refractivity contribution in [3.05, 3.63) is 56.1 Å². The number of carbonyl (C=O) groups is 1. The molecule has 0 atom stereocenters. The minimum Gasteiger partial charge on any atom is -0.493 e. The average molecular weight is 477 g/mol. The van der Waals surface area contributed by atoms with Crippen LogP contribution in [-0.2, 0) is 6.61 Å². The number of methoxy groups -OCH3 is 1. The van der Waals surface area contributed by atoms with E-state index in [1.807, 2.05) is 18.2 Å². The first kappa shape index (κ1) is 18.8. The van der Waals surface area contributed by atoms with E-state index in [0.717, 1.165) is 5.56 Å². The Balaban J connectivity index is 2.25. The number of halogens is 2. The standard InChI is InChI=1S/C16H14ClIN2O3S/c1-22-13-7-10(15(21)20-16(19)24)6-12(18)14(13)23-8-9-4-2-3-5-11(9)17/h2-7H,8H2,1H3,(H3,19,20,21,24). The Kier molecular flexibility index (Phi) is 6.64. The normalized spacial score (nSPS) is 10.1. The number of ether oxygens (including phenoxy) is 2. The lowest BCUT2D eigenvalue weighted by Gasteiger charge is -2.15. The van der Waals surface area contributed by atoms with Gasteiger partial charge in [-0.25, -0.2) is 0 Å². The van der Waals surface area contributed by atoms with Crippen LogP contribution in [0.1, 0.15) is 15.9 Å². The van der Waals surface area contributed by atoms with Crippen molar-refractivity contribution in [2.24, 2.45) is 5.73 Å². The number of nitrogens with two attached hydrogens (primary N) is 1. The number of rotatable bonds is 5. The zero-order chi connectivity index (χ0) is 17.7. The fraction of sp³-hybridized carbons (Fsp3) is 0.125. The molecule has 0 saturated heterocycles. The molecule has 0 bridgehead atoms. The Bertz CT molecular complexity index is 786. The minimum atomic E-state index is -0.406. The van der Waals surface area contributed by atoms with Crippen molar-refractivity contribution in [3.8, 4) is 11.5 Å². The molecule has 126 valence electrons. The largest absolute Gasteiger partial charge is 0.493 e. The van der Waals surface area contributed by atoms with E-state index in [1.54, 1.807) is 18.2 Å². The Labute approximate surface area is 163 Å². The number of benzene rings is 2. The number of thiocarbonyl (C=S) groups is 1. The number of hydrogen-bond donors (Lipinski definition) is 2. The van der Waals surface area contributed by atoms with Crippen LogP contribution >= 0.6 is 46.4 Å². The number of hydrogen-bond acceptors (Lipinski definition) is 4. The van der Waals surface area contributed by atoms with Gasteiger partial charge >= 0.3 is 0 Å². The van der Waals surface area contributed by atoms with Crippen LogP contribution in [0.15, 0.2) is 36.4 Å². The molecule has 0 radical (unpaired) electrons. The van der Waals surface area contributed by atoms with Gasteiger partial charge in [-0.15, -0.1) is 0 Å². The van der Waals surface area contributed by atoms with Gasteiger partial charge in [-0.1, -0.05) is 29.8 Å². The summed E-state index contributed by atoms with van der Waals surface area (Å²) in [6, 6.07) is 10.6. The van der Waals surface area contributed by atoms with Gasteiger partial charge in [0.15, 0.2) is 16.6 Å². The van der Waals surface area contributed by atoms with Crippen molar-refractivity contribution in [2.75, 3.05) is 7.11 Å². The third kappa shape index (κ3) is 4.71. The monoisotopic (exact) mass is 476 g/mol. The first-order valence-corrected chi connectivity index (χ1v) is 8.63. The molecule has 0 unspecified atom stereocenters. The van der Waals surface area contributed by atoms with Gasteiger partial charge in [0.1, 0.15) is 6.61 Å². The fourth-order valence-electron chi connectivity index (χ4n) is 1.94. The Morgan fingerprint density at radius 3 is 2.71 bits per heavy atom. The van der Waals surface area contributed by atoms with Crippen LogP contribution in [0.3, 0.4) is 0 Å². The van der Waals surface area contributed by atoms with E-state index in [9.17, 15) is 4.79 Å². The summed E-state index contributed by atoms with van der Waals surface area (Å²) in [5.41, 5.74) is 6.55. The maximum absolute atomic E-state index is 12.0. The predicted octanol–water partition coefficient (Wildman–Crippen LogP) is 3.51. The molecule has 0 saturated carbocycles. The van der Waals surface area contributed by atoms with E-state index >= 15 is 0 Å². The number of carbonyl (C=O) groups excluding carboxylic acids is 1. The van der Waals surface area contributed by atoms with Crippen LogP contribution in [0.5, 0.6) is 11.5 Å². The third-order valence-electron chi connectivity index (χ3n) is 3.06. The summed E-state index contributed by atoms with van der Waals surface area (Å²) in [7, 11) is 1.50. The molecule has 1 amide bonds. The van der Waals surface area contributed by atoms with Gasteiger partial charge in [0.25, 0.3) is 5.91 Å². The lowest BCUT2D eigenvalue weighted by Crippen LogP contribution is -2.34. The molecule has 0 spiro atoms. The van der Waals surface area contributed by atoms with Crippen LogP contribution in [0.4, 0.5) is 0 Å². The van der Waals surface area contributed by atoms with Gasteiger partial charge < -0.3 is 15.2 Å². The van der Waals surface area contributed by atoms with E-state index in [2.05, 4.69) is 40.1 Å². The number of nitrogens with one attached hydrogen (secondary N) is 1. The second-order valence-electron chi connectivity index (χ2n) is 4.69. The van der Waals surface area contributed by atoms with Gasteiger partial charge in [0.05, 0.1) is 10.7 Å². The molecule has 0 aliphatic heterocycles. The molecule has 2 rings (SSSR count). The van der Waals surface area contributed by atoms with Crippen molar-refractivity contribution in [1.82, 2.24) is 5.32 Å². The van der Waals surface area contributed by atoms with Crippen LogP contribution in [0.25, 0.3) is 0 Å². The van der Waals surface area contributed by atoms with E-state index in [-0.39, 0.29) is 11.7 Å². The van der Waals surface area contributed by atoms with E-state index in [1.165, 1.54) is 7.11 Å². The summed E-state index contributed by atoms with van der Waals surface area (Å²) in [4.78, 5) is 12.0. The number of amides is 1. The van der Waals surface area contributed by atoms with Crippen molar-refractivity contribution < 1.29 is 14.3 Å². The summed E-state index contributed by atoms with van der Waals surface area (Å²) in [6.45, 7) is 0.282. The summed E-state index contributed by atoms with van der Waals surface area (Å²) < 4.78 is 11.9. The van der Waals surface area contributed by atoms with Crippen LogP contribution in [-0.4, -0.2) is 18.1 Å². The molecule has 0 aliphatic rings. The molecule has 24 heavy (non-hydrogen) atoms. The zero-order valence-electron chi connectivity index (χ0n) is 12.6. The lowest BCUT2D eigenvalue weighted by atomic mass is 10.2. The molecular weight excluding hydrogens is 463 g/mol. The van der Waals surface area contributed by atoms with Crippen molar-refractivity contribution in [1.29, 1.82) is 0 Å². The SMILES string of the molecule is COc1cc(C(=O)NC(N)=S)cc(I)c1OCc1ccccc1Cl. The van der Waals surface area contributed by atoms with Crippen molar-refractivity contribution >= 4 is 57.4 Å². The molecule has 0 aliphatic carbocycles. The summed E-state index contributed by atoms with van der Waals surface area (Å²) in [6.07, 6.45) is 0. The highest BCUT2D eigenvalue weighted by atomic mass is 127. The van der Waals surface area contributed by atoms with Crippen LogP contribution in [0.2, 0.25) is 5.02 Å². The Morgan fingerprint density at radius 1 is 1.38 bits per heavy atom. The quantitative estimate of drug-likeness (QED) is 0.510. The average Bonchev–Trinajstić information content (AvgIpc) is 2.53. The van der Waals surface area contributed by atoms with Gasteiger partial charge in [0, 0.05) is 16.1 Å². The highest BCUT2D eigenvalue weighted by Gasteiger charge is 2.16. The smallest absolute Gasteiger partial charge is 0.257 e. The van der Waals surface area contributed by atoms with E-state index in [4.69, 9.17) is 26.8 Å². The highest BCUT2D eigenvalue weighted by Crippen LogP contribution is 2.35. The maximum atomic E-state index is 12.0. The zero-order valence-corrected chi connectivity index (χ0v) is 16.4. The van der Waals surface area contributed by atoms with Gasteiger partial charge in [0.2, 0.25) is 0 Å².